The first kappa shape index (κ1) is 19.1. The fourth-order valence-electron chi connectivity index (χ4n) is 3.71. The summed E-state index contributed by atoms with van der Waals surface area (Å²) in [5.74, 6) is -0.247. The Kier molecular flexibility index (Phi) is 6.13. The normalized spacial score (nSPS) is 20.0. The molecule has 1 aromatic heterocycles. The van der Waals surface area contributed by atoms with Gasteiger partial charge in [0, 0.05) is 31.4 Å². The fraction of sp³-hybridized carbons (Fsp3) is 0.667. The van der Waals surface area contributed by atoms with Crippen molar-refractivity contribution in [3.63, 3.8) is 0 Å². The van der Waals surface area contributed by atoms with Gasteiger partial charge >= 0.3 is 0 Å². The Labute approximate surface area is 154 Å². The van der Waals surface area contributed by atoms with Crippen molar-refractivity contribution in [2.24, 2.45) is 0 Å². The molecular formula is C18H27N3O4S. The van der Waals surface area contributed by atoms with E-state index in [0.717, 1.165) is 51.4 Å². The van der Waals surface area contributed by atoms with Gasteiger partial charge in [-0.15, -0.1) is 0 Å². The zero-order chi connectivity index (χ0) is 18.6. The van der Waals surface area contributed by atoms with Gasteiger partial charge in [0.1, 0.15) is 6.54 Å². The monoisotopic (exact) mass is 381 g/mol. The Balaban J connectivity index is 1.75. The third kappa shape index (κ3) is 4.54. The Hall–Kier alpha value is -1.67. The van der Waals surface area contributed by atoms with Crippen molar-refractivity contribution in [2.75, 3.05) is 13.1 Å². The molecule has 1 saturated carbocycles. The first-order valence-electron chi connectivity index (χ1n) is 9.47. The molecule has 7 nitrogen and oxygen atoms in total. The molecule has 0 spiro atoms. The molecule has 1 aliphatic carbocycles. The van der Waals surface area contributed by atoms with Crippen LogP contribution in [-0.2, 0) is 21.4 Å². The highest BCUT2D eigenvalue weighted by Gasteiger charge is 2.26. The number of carbonyl (C=O) groups excluding carboxylic acids is 1. The molecule has 0 aromatic carbocycles. The van der Waals surface area contributed by atoms with Crippen LogP contribution < -0.4 is 10.9 Å². The lowest BCUT2D eigenvalue weighted by atomic mass is 10.2. The van der Waals surface area contributed by atoms with Gasteiger partial charge in [0.05, 0.1) is 4.90 Å². The van der Waals surface area contributed by atoms with E-state index in [-0.39, 0.29) is 28.9 Å². The number of hydrogen-bond acceptors (Lipinski definition) is 4. The molecule has 26 heavy (non-hydrogen) atoms. The Morgan fingerprint density at radius 1 is 1.04 bits per heavy atom. The van der Waals surface area contributed by atoms with Crippen molar-refractivity contribution in [3.05, 3.63) is 28.7 Å². The van der Waals surface area contributed by atoms with Crippen LogP contribution in [0.3, 0.4) is 0 Å². The van der Waals surface area contributed by atoms with Crippen molar-refractivity contribution in [2.45, 2.75) is 68.8 Å². The summed E-state index contributed by atoms with van der Waals surface area (Å²) in [5.41, 5.74) is -0.374. The maximum atomic E-state index is 12.9. The minimum atomic E-state index is -3.64. The van der Waals surface area contributed by atoms with Crippen LogP contribution in [0.2, 0.25) is 0 Å². The van der Waals surface area contributed by atoms with Crippen LogP contribution in [0, 0.1) is 0 Å². The molecule has 2 aliphatic rings. The fourth-order valence-corrected chi connectivity index (χ4v) is 5.25. The highest BCUT2D eigenvalue weighted by molar-refractivity contribution is 7.89. The Bertz CT molecular complexity index is 789. The number of rotatable bonds is 5. The predicted molar refractivity (Wildman–Crippen MR) is 98.3 cm³/mol. The molecule has 144 valence electrons. The summed E-state index contributed by atoms with van der Waals surface area (Å²) in [6.45, 7) is 0.853. The second kappa shape index (κ2) is 8.35. The average Bonchev–Trinajstić information content (AvgIpc) is 2.95. The number of nitrogens with zero attached hydrogens (tertiary/aromatic N) is 2. The molecule has 0 radical (unpaired) electrons. The van der Waals surface area contributed by atoms with Crippen LogP contribution >= 0.6 is 0 Å². The van der Waals surface area contributed by atoms with Crippen LogP contribution in [0.1, 0.15) is 51.4 Å². The number of sulfonamides is 1. The number of carbonyl (C=O) groups is 1. The first-order chi connectivity index (χ1) is 12.5. The van der Waals surface area contributed by atoms with Crippen LogP contribution in [0.25, 0.3) is 0 Å². The molecule has 0 atom stereocenters. The van der Waals surface area contributed by atoms with E-state index >= 15 is 0 Å². The molecule has 0 bridgehead atoms. The second-order valence-electron chi connectivity index (χ2n) is 7.20. The van der Waals surface area contributed by atoms with Gasteiger partial charge < -0.3 is 9.88 Å². The SMILES string of the molecule is O=C(Cn1cc(S(=O)(=O)N2CCCCCC2)ccc1=O)NC1CCCC1. The molecule has 3 rings (SSSR count). The largest absolute Gasteiger partial charge is 0.352 e. The van der Waals surface area contributed by atoms with Crippen molar-refractivity contribution < 1.29 is 13.2 Å². The molecule has 1 aromatic rings. The standard InChI is InChI=1S/C18H27N3O4S/c22-17(19-15-7-3-4-8-15)14-20-13-16(9-10-18(20)23)26(24,25)21-11-5-1-2-6-12-21/h9-10,13,15H,1-8,11-12,14H2,(H,19,22). The summed E-state index contributed by atoms with van der Waals surface area (Å²) < 4.78 is 28.4. The van der Waals surface area contributed by atoms with Gasteiger partial charge in [0.15, 0.2) is 0 Å². The molecule has 2 fully saturated rings. The lowest BCUT2D eigenvalue weighted by Gasteiger charge is -2.20. The Morgan fingerprint density at radius 3 is 2.35 bits per heavy atom. The number of hydrogen-bond donors (Lipinski definition) is 1. The van der Waals surface area contributed by atoms with E-state index in [4.69, 9.17) is 0 Å². The smallest absolute Gasteiger partial charge is 0.251 e. The first-order valence-corrected chi connectivity index (χ1v) is 10.9. The molecule has 1 aliphatic heterocycles. The maximum Gasteiger partial charge on any atom is 0.251 e. The average molecular weight is 381 g/mol. The maximum absolute atomic E-state index is 12.9. The topological polar surface area (TPSA) is 88.5 Å². The molecule has 0 unspecified atom stereocenters. The Morgan fingerprint density at radius 2 is 1.69 bits per heavy atom. The summed E-state index contributed by atoms with van der Waals surface area (Å²) in [6.07, 6.45) is 9.21. The highest BCUT2D eigenvalue weighted by Crippen LogP contribution is 2.20. The van der Waals surface area contributed by atoms with Gasteiger partial charge in [-0.05, 0) is 31.7 Å². The summed E-state index contributed by atoms with van der Waals surface area (Å²) in [7, 11) is -3.64. The van der Waals surface area contributed by atoms with Gasteiger partial charge in [0.25, 0.3) is 5.56 Å². The van der Waals surface area contributed by atoms with Gasteiger partial charge in [0.2, 0.25) is 15.9 Å². The van der Waals surface area contributed by atoms with Gasteiger partial charge in [-0.25, -0.2) is 8.42 Å². The number of amides is 1. The van der Waals surface area contributed by atoms with E-state index in [2.05, 4.69) is 5.32 Å². The molecule has 1 N–H and O–H groups in total. The second-order valence-corrected chi connectivity index (χ2v) is 9.14. The van der Waals surface area contributed by atoms with E-state index in [1.165, 1.54) is 27.2 Å². The summed E-state index contributed by atoms with van der Waals surface area (Å²) in [5, 5.41) is 2.93. The quantitative estimate of drug-likeness (QED) is 0.837. The van der Waals surface area contributed by atoms with Crippen molar-refractivity contribution in [1.29, 1.82) is 0 Å². The van der Waals surface area contributed by atoms with Crippen LogP contribution in [-0.4, -0.2) is 42.3 Å². The van der Waals surface area contributed by atoms with Gasteiger partial charge in [-0.2, -0.15) is 4.31 Å². The number of aromatic nitrogens is 1. The molecule has 8 heteroatoms. The highest BCUT2D eigenvalue weighted by atomic mass is 32.2. The van der Waals surface area contributed by atoms with E-state index in [1.807, 2.05) is 0 Å². The molecule has 2 heterocycles. The third-order valence-corrected chi connectivity index (χ3v) is 7.08. The minimum Gasteiger partial charge on any atom is -0.352 e. The van der Waals surface area contributed by atoms with Crippen LogP contribution in [0.5, 0.6) is 0 Å². The molecule has 1 saturated heterocycles. The van der Waals surface area contributed by atoms with Gasteiger partial charge in [-0.1, -0.05) is 25.7 Å². The van der Waals surface area contributed by atoms with Crippen molar-refractivity contribution in [3.8, 4) is 0 Å². The number of nitrogens with one attached hydrogen (secondary N) is 1. The summed E-state index contributed by atoms with van der Waals surface area (Å²) in [6, 6.07) is 2.74. The third-order valence-electron chi connectivity index (χ3n) is 5.19. The van der Waals surface area contributed by atoms with E-state index in [9.17, 15) is 18.0 Å². The number of pyridine rings is 1. The zero-order valence-corrected chi connectivity index (χ0v) is 15.8. The van der Waals surface area contributed by atoms with E-state index in [0.29, 0.717) is 13.1 Å². The van der Waals surface area contributed by atoms with Gasteiger partial charge in [-0.3, -0.25) is 9.59 Å². The molecule has 1 amide bonds. The van der Waals surface area contributed by atoms with E-state index < -0.39 is 10.0 Å². The summed E-state index contributed by atoms with van der Waals surface area (Å²) in [4.78, 5) is 24.4. The lowest BCUT2D eigenvalue weighted by Crippen LogP contribution is -2.38. The van der Waals surface area contributed by atoms with Crippen LogP contribution in [0.15, 0.2) is 28.0 Å². The minimum absolute atomic E-state index is 0.0765. The van der Waals surface area contributed by atoms with E-state index in [1.54, 1.807) is 0 Å². The lowest BCUT2D eigenvalue weighted by molar-refractivity contribution is -0.122. The molecular weight excluding hydrogens is 354 g/mol. The van der Waals surface area contributed by atoms with Crippen molar-refractivity contribution >= 4 is 15.9 Å². The van der Waals surface area contributed by atoms with Crippen LogP contribution in [0.4, 0.5) is 0 Å². The predicted octanol–water partition coefficient (Wildman–Crippen LogP) is 1.47. The van der Waals surface area contributed by atoms with Crippen molar-refractivity contribution in [1.82, 2.24) is 14.2 Å². The zero-order valence-electron chi connectivity index (χ0n) is 15.0. The summed E-state index contributed by atoms with van der Waals surface area (Å²) >= 11 is 0.